The van der Waals surface area contributed by atoms with Crippen LogP contribution in [0.2, 0.25) is 0 Å². The molecule has 86 valence electrons. The summed E-state index contributed by atoms with van der Waals surface area (Å²) in [6.07, 6.45) is -0.251. The summed E-state index contributed by atoms with van der Waals surface area (Å²) in [5.41, 5.74) is 6.38. The summed E-state index contributed by atoms with van der Waals surface area (Å²) in [6.45, 7) is 1.90. The quantitative estimate of drug-likeness (QED) is 0.588. The predicted molar refractivity (Wildman–Crippen MR) is 58.2 cm³/mol. The summed E-state index contributed by atoms with van der Waals surface area (Å²) in [7, 11) is 0. The van der Waals surface area contributed by atoms with E-state index in [0.717, 1.165) is 0 Å². The van der Waals surface area contributed by atoms with Gasteiger partial charge in [0.1, 0.15) is 0 Å². The summed E-state index contributed by atoms with van der Waals surface area (Å²) >= 11 is 0. The number of benzene rings is 1. The smallest absolute Gasteiger partial charge is 0.340 e. The number of carboxylic acid groups (broad SMARTS) is 1. The fourth-order valence-corrected chi connectivity index (χ4v) is 1.38. The Morgan fingerprint density at radius 3 is 2.69 bits per heavy atom. The third kappa shape index (κ3) is 2.73. The lowest BCUT2D eigenvalue weighted by Gasteiger charge is -2.09. The zero-order valence-corrected chi connectivity index (χ0v) is 8.90. The Labute approximate surface area is 92.8 Å². The lowest BCUT2D eigenvalue weighted by molar-refractivity contribution is -0.136. The summed E-state index contributed by atoms with van der Waals surface area (Å²) in [5.74, 6) is -1.60. The number of hydrogen-bond donors (Lipinski definition) is 2. The SMILES string of the molecule is CCOC(=O)c1c(N)cccc1CC(=O)O. The van der Waals surface area contributed by atoms with E-state index in [1.54, 1.807) is 19.1 Å². The van der Waals surface area contributed by atoms with E-state index in [1.807, 2.05) is 0 Å². The van der Waals surface area contributed by atoms with E-state index in [1.165, 1.54) is 6.07 Å². The Morgan fingerprint density at radius 1 is 1.44 bits per heavy atom. The molecule has 0 fully saturated rings. The molecular formula is C11H13NO4. The molecule has 5 heteroatoms. The molecule has 0 atom stereocenters. The summed E-state index contributed by atoms with van der Waals surface area (Å²) in [4.78, 5) is 22.2. The fraction of sp³-hybridized carbons (Fsp3) is 0.273. The van der Waals surface area contributed by atoms with Crippen LogP contribution in [0.1, 0.15) is 22.8 Å². The molecule has 0 aliphatic rings. The van der Waals surface area contributed by atoms with Gasteiger partial charge in [-0.25, -0.2) is 4.79 Å². The summed E-state index contributed by atoms with van der Waals surface area (Å²) in [6, 6.07) is 4.70. The molecule has 1 rings (SSSR count). The maximum absolute atomic E-state index is 11.6. The number of nitrogen functional groups attached to an aromatic ring is 1. The van der Waals surface area contributed by atoms with Crippen molar-refractivity contribution < 1.29 is 19.4 Å². The Kier molecular flexibility index (Phi) is 3.88. The van der Waals surface area contributed by atoms with Gasteiger partial charge < -0.3 is 15.6 Å². The van der Waals surface area contributed by atoms with Gasteiger partial charge in [0, 0.05) is 5.69 Å². The summed E-state index contributed by atoms with van der Waals surface area (Å²) in [5, 5.41) is 8.70. The van der Waals surface area contributed by atoms with Crippen molar-refractivity contribution in [3.05, 3.63) is 29.3 Å². The molecule has 0 unspecified atom stereocenters. The van der Waals surface area contributed by atoms with E-state index in [9.17, 15) is 9.59 Å². The Balaban J connectivity index is 3.12. The normalized spacial score (nSPS) is 9.81. The van der Waals surface area contributed by atoms with Crippen LogP contribution in [-0.2, 0) is 16.0 Å². The first-order chi connectivity index (χ1) is 7.56. The number of carboxylic acids is 1. The van der Waals surface area contributed by atoms with Crippen LogP contribution in [0, 0.1) is 0 Å². The average Bonchev–Trinajstić information content (AvgIpc) is 2.16. The van der Waals surface area contributed by atoms with Crippen molar-refractivity contribution in [2.24, 2.45) is 0 Å². The molecule has 16 heavy (non-hydrogen) atoms. The molecule has 5 nitrogen and oxygen atoms in total. The molecule has 0 aliphatic carbocycles. The molecule has 0 aliphatic heterocycles. The highest BCUT2D eigenvalue weighted by atomic mass is 16.5. The van der Waals surface area contributed by atoms with Crippen LogP contribution in [0.5, 0.6) is 0 Å². The minimum absolute atomic E-state index is 0.145. The van der Waals surface area contributed by atoms with E-state index >= 15 is 0 Å². The second kappa shape index (κ2) is 5.16. The van der Waals surface area contributed by atoms with Gasteiger partial charge in [-0.1, -0.05) is 12.1 Å². The third-order valence-electron chi connectivity index (χ3n) is 2.00. The van der Waals surface area contributed by atoms with Crippen molar-refractivity contribution in [3.8, 4) is 0 Å². The second-order valence-electron chi connectivity index (χ2n) is 3.17. The van der Waals surface area contributed by atoms with E-state index in [0.29, 0.717) is 5.56 Å². The highest BCUT2D eigenvalue weighted by Gasteiger charge is 2.17. The fourth-order valence-electron chi connectivity index (χ4n) is 1.38. The van der Waals surface area contributed by atoms with Crippen LogP contribution in [-0.4, -0.2) is 23.7 Å². The van der Waals surface area contributed by atoms with Crippen LogP contribution in [0.3, 0.4) is 0 Å². The van der Waals surface area contributed by atoms with Gasteiger partial charge >= 0.3 is 11.9 Å². The Hall–Kier alpha value is -2.04. The molecule has 0 aromatic heterocycles. The number of carbonyl (C=O) groups is 2. The first-order valence-corrected chi connectivity index (χ1v) is 4.82. The van der Waals surface area contributed by atoms with Crippen molar-refractivity contribution >= 4 is 17.6 Å². The van der Waals surface area contributed by atoms with Crippen LogP contribution in [0.4, 0.5) is 5.69 Å². The third-order valence-corrected chi connectivity index (χ3v) is 2.00. The molecule has 0 spiro atoms. The van der Waals surface area contributed by atoms with E-state index < -0.39 is 11.9 Å². The van der Waals surface area contributed by atoms with Gasteiger partial charge in [-0.15, -0.1) is 0 Å². The van der Waals surface area contributed by atoms with E-state index in [-0.39, 0.29) is 24.3 Å². The maximum Gasteiger partial charge on any atom is 0.340 e. The minimum Gasteiger partial charge on any atom is -0.481 e. The molecule has 3 N–H and O–H groups in total. The number of nitrogens with two attached hydrogens (primary N) is 1. The minimum atomic E-state index is -1.02. The molecule has 0 heterocycles. The van der Waals surface area contributed by atoms with Crippen LogP contribution in [0.15, 0.2) is 18.2 Å². The standard InChI is InChI=1S/C11H13NO4/c1-2-16-11(15)10-7(6-9(13)14)4-3-5-8(10)12/h3-5H,2,6,12H2,1H3,(H,13,14). The highest BCUT2D eigenvalue weighted by Crippen LogP contribution is 2.18. The number of hydrogen-bond acceptors (Lipinski definition) is 4. The molecule has 0 saturated carbocycles. The molecular weight excluding hydrogens is 210 g/mol. The van der Waals surface area contributed by atoms with Crippen molar-refractivity contribution in [2.75, 3.05) is 12.3 Å². The Morgan fingerprint density at radius 2 is 2.12 bits per heavy atom. The van der Waals surface area contributed by atoms with Gasteiger partial charge in [-0.05, 0) is 18.6 Å². The maximum atomic E-state index is 11.6. The van der Waals surface area contributed by atoms with Gasteiger partial charge in [-0.2, -0.15) is 0 Å². The van der Waals surface area contributed by atoms with Crippen molar-refractivity contribution in [3.63, 3.8) is 0 Å². The monoisotopic (exact) mass is 223 g/mol. The van der Waals surface area contributed by atoms with E-state index in [4.69, 9.17) is 15.6 Å². The number of rotatable bonds is 4. The Bertz CT molecular complexity index is 414. The zero-order chi connectivity index (χ0) is 12.1. The van der Waals surface area contributed by atoms with Crippen molar-refractivity contribution in [2.45, 2.75) is 13.3 Å². The van der Waals surface area contributed by atoms with Crippen molar-refractivity contribution in [1.29, 1.82) is 0 Å². The van der Waals surface area contributed by atoms with Gasteiger partial charge in [-0.3, -0.25) is 4.79 Å². The second-order valence-corrected chi connectivity index (χ2v) is 3.17. The van der Waals surface area contributed by atoms with Crippen LogP contribution < -0.4 is 5.73 Å². The van der Waals surface area contributed by atoms with Gasteiger partial charge in [0.05, 0.1) is 18.6 Å². The van der Waals surface area contributed by atoms with Gasteiger partial charge in [0.2, 0.25) is 0 Å². The number of anilines is 1. The predicted octanol–water partition coefficient (Wildman–Crippen LogP) is 1.07. The number of aliphatic carboxylic acids is 1. The molecule has 0 saturated heterocycles. The van der Waals surface area contributed by atoms with E-state index in [2.05, 4.69) is 0 Å². The van der Waals surface area contributed by atoms with Crippen molar-refractivity contribution in [1.82, 2.24) is 0 Å². The molecule has 1 aromatic carbocycles. The number of esters is 1. The molecule has 0 amide bonds. The largest absolute Gasteiger partial charge is 0.481 e. The molecule has 0 radical (unpaired) electrons. The lowest BCUT2D eigenvalue weighted by Crippen LogP contribution is -2.13. The lowest BCUT2D eigenvalue weighted by atomic mass is 10.0. The number of ether oxygens (including phenoxy) is 1. The summed E-state index contributed by atoms with van der Waals surface area (Å²) < 4.78 is 4.82. The first kappa shape index (κ1) is 12.0. The van der Waals surface area contributed by atoms with Gasteiger partial charge in [0.25, 0.3) is 0 Å². The van der Waals surface area contributed by atoms with Crippen LogP contribution in [0.25, 0.3) is 0 Å². The zero-order valence-electron chi connectivity index (χ0n) is 8.90. The average molecular weight is 223 g/mol. The molecule has 1 aromatic rings. The highest BCUT2D eigenvalue weighted by molar-refractivity contribution is 5.97. The van der Waals surface area contributed by atoms with Crippen LogP contribution >= 0.6 is 0 Å². The first-order valence-electron chi connectivity index (χ1n) is 4.82. The topological polar surface area (TPSA) is 89.6 Å². The van der Waals surface area contributed by atoms with Gasteiger partial charge in [0.15, 0.2) is 0 Å². The number of carbonyl (C=O) groups excluding carboxylic acids is 1. The molecule has 0 bridgehead atoms.